The SMILES string of the molecule is CO[C@@H]1C[C@H](CC[C@@H]2CC(O)[C@H](C)/C=C(\C)[C@@H](O)[C@@H](OC)C(=O)CCC/C=C/C=C/C=C(\C)[C@H](NS(=O)(=O)CCO)C[C@@H]3CC[C@@H](C)[C@@](O)(O3)C(=O)C(=O)N3CCCC[C@H]3C(=O)O2)CC[C@H]1O. The second-order valence-electron chi connectivity index (χ2n) is 19.1. The Morgan fingerprint density at radius 1 is 0.866 bits per heavy atom. The van der Waals surface area contributed by atoms with Gasteiger partial charge in [0.15, 0.2) is 5.78 Å². The summed E-state index contributed by atoms with van der Waals surface area (Å²) in [6.07, 6.45) is 9.98. The third-order valence-electron chi connectivity index (χ3n) is 14.0. The molecule has 380 valence electrons. The number of ketones is 2. The normalized spacial score (nSPS) is 38.2. The Bertz CT molecular complexity index is 1890. The fourth-order valence-corrected chi connectivity index (χ4v) is 10.7. The zero-order chi connectivity index (χ0) is 49.5. The van der Waals surface area contributed by atoms with Crippen molar-refractivity contribution in [3.8, 4) is 0 Å². The van der Waals surface area contributed by atoms with Crippen LogP contribution < -0.4 is 4.72 Å². The number of hydrogen-bond acceptors (Lipinski definition) is 15. The molecule has 1 unspecified atom stereocenters. The molecule has 13 atom stereocenters. The minimum atomic E-state index is -3.98. The third-order valence-corrected chi connectivity index (χ3v) is 15.4. The first-order chi connectivity index (χ1) is 31.7. The number of hydrogen-bond donors (Lipinski definition) is 6. The van der Waals surface area contributed by atoms with Gasteiger partial charge in [-0.05, 0) is 109 Å². The summed E-state index contributed by atoms with van der Waals surface area (Å²) in [4.78, 5) is 57.2. The van der Waals surface area contributed by atoms with Gasteiger partial charge in [-0.1, -0.05) is 55.9 Å². The van der Waals surface area contributed by atoms with Gasteiger partial charge in [-0.2, -0.15) is 0 Å². The molecule has 3 aliphatic heterocycles. The number of rotatable bonds is 9. The number of amides is 1. The standard InChI is InChI=1S/C49H78N2O15S/c1-31-15-11-9-7-8-10-12-17-41(54)45(64-6)44(56)33(3)27-32(2)42(55)30-36(22-19-35-20-23-40(53)43(28-35)63-5)65-48(59)39-16-13-14-24-51(39)47(58)46(57)49(60)34(4)18-21-37(66-49)29-38(31)50-67(61,62)26-25-52/h7-9,11,15,27,32,34-40,42-45,50,52-53,55-56,60H,10,12-14,16-26,28-30H2,1-6H3/b8-7+,11-9+,31-15+,33-27+/t32-,34-,35-,36-,37+,38-,39+,40-,42?,43-,44-,45+,49-/m1/s1. The van der Waals surface area contributed by atoms with E-state index in [-0.39, 0.29) is 56.5 Å². The highest BCUT2D eigenvalue weighted by Crippen LogP contribution is 2.37. The lowest BCUT2D eigenvalue weighted by Gasteiger charge is -2.43. The second-order valence-corrected chi connectivity index (χ2v) is 21.0. The number of esters is 1. The lowest BCUT2D eigenvalue weighted by molar-refractivity contribution is -0.264. The summed E-state index contributed by atoms with van der Waals surface area (Å²) in [6.45, 7) is 6.11. The lowest BCUT2D eigenvalue weighted by atomic mass is 9.81. The van der Waals surface area contributed by atoms with Gasteiger partial charge in [0.25, 0.3) is 11.7 Å². The van der Waals surface area contributed by atoms with E-state index in [1.807, 2.05) is 6.08 Å². The van der Waals surface area contributed by atoms with E-state index >= 15 is 0 Å². The van der Waals surface area contributed by atoms with E-state index in [9.17, 15) is 53.1 Å². The number of methoxy groups -OCH3 is 2. The van der Waals surface area contributed by atoms with Gasteiger partial charge in [-0.3, -0.25) is 14.4 Å². The Labute approximate surface area is 397 Å². The molecule has 6 N–H and O–H groups in total. The molecule has 0 radical (unpaired) electrons. The van der Waals surface area contributed by atoms with Gasteiger partial charge in [-0.25, -0.2) is 17.9 Å². The van der Waals surface area contributed by atoms with Crippen molar-refractivity contribution in [2.75, 3.05) is 33.1 Å². The molecule has 3 heterocycles. The summed E-state index contributed by atoms with van der Waals surface area (Å²) in [6, 6.07) is -2.06. The van der Waals surface area contributed by atoms with E-state index in [1.165, 1.54) is 7.11 Å². The number of piperidine rings is 1. The second kappa shape index (κ2) is 26.7. The smallest absolute Gasteiger partial charge is 0.329 e. The molecule has 17 nitrogen and oxygen atoms in total. The van der Waals surface area contributed by atoms with Crippen LogP contribution in [-0.2, 0) is 48.1 Å². The number of allylic oxidation sites excluding steroid dienone is 5. The van der Waals surface area contributed by atoms with Crippen molar-refractivity contribution in [1.29, 1.82) is 0 Å². The van der Waals surface area contributed by atoms with Gasteiger partial charge in [-0.15, -0.1) is 0 Å². The average Bonchev–Trinajstić information content (AvgIpc) is 3.29. The van der Waals surface area contributed by atoms with Gasteiger partial charge in [0.05, 0.1) is 36.8 Å². The van der Waals surface area contributed by atoms with Crippen molar-refractivity contribution >= 4 is 33.5 Å². The summed E-state index contributed by atoms with van der Waals surface area (Å²) in [5, 5.41) is 54.7. The van der Waals surface area contributed by atoms with E-state index in [1.54, 1.807) is 65.2 Å². The number of nitrogens with one attached hydrogen (secondary N) is 1. The molecule has 67 heavy (non-hydrogen) atoms. The van der Waals surface area contributed by atoms with Crippen molar-refractivity contribution in [2.24, 2.45) is 17.8 Å². The summed E-state index contributed by atoms with van der Waals surface area (Å²) in [7, 11) is -1.07. The van der Waals surface area contributed by atoms with Crippen LogP contribution in [0.2, 0.25) is 0 Å². The van der Waals surface area contributed by atoms with Gasteiger partial charge in [0, 0.05) is 51.5 Å². The molecule has 3 fully saturated rings. The van der Waals surface area contributed by atoms with Crippen molar-refractivity contribution in [2.45, 2.75) is 185 Å². The van der Waals surface area contributed by atoms with Crippen LogP contribution in [0.3, 0.4) is 0 Å². The number of aliphatic hydroxyl groups excluding tert-OH is 4. The first kappa shape index (κ1) is 56.4. The maximum absolute atomic E-state index is 14.3. The van der Waals surface area contributed by atoms with Gasteiger partial charge in [0.1, 0.15) is 24.4 Å². The molecule has 0 aromatic rings. The molecule has 4 aliphatic rings. The summed E-state index contributed by atoms with van der Waals surface area (Å²) >= 11 is 0. The van der Waals surface area contributed by atoms with Crippen LogP contribution >= 0.6 is 0 Å². The molecule has 18 heteroatoms. The number of fused-ring (bicyclic) bond motifs is 3. The van der Waals surface area contributed by atoms with Crippen LogP contribution in [-0.4, -0.2) is 156 Å². The summed E-state index contributed by atoms with van der Waals surface area (Å²) < 4.78 is 51.7. The van der Waals surface area contributed by atoms with Crippen LogP contribution in [0.15, 0.2) is 47.6 Å². The number of carbonyl (C=O) groups excluding carboxylic acids is 4. The third kappa shape index (κ3) is 16.2. The molecule has 2 bridgehead atoms. The maximum Gasteiger partial charge on any atom is 0.329 e. The van der Waals surface area contributed by atoms with E-state index in [0.29, 0.717) is 68.9 Å². The highest BCUT2D eigenvalue weighted by Gasteiger charge is 2.53. The Morgan fingerprint density at radius 3 is 2.31 bits per heavy atom. The van der Waals surface area contributed by atoms with Crippen LogP contribution in [0, 0.1) is 17.8 Å². The largest absolute Gasteiger partial charge is 0.461 e. The van der Waals surface area contributed by atoms with Gasteiger partial charge >= 0.3 is 5.97 Å². The van der Waals surface area contributed by atoms with Crippen LogP contribution in [0.5, 0.6) is 0 Å². The van der Waals surface area contributed by atoms with E-state index in [4.69, 9.17) is 18.9 Å². The number of cyclic esters (lactones) is 1. The number of carbonyl (C=O) groups is 4. The first-order valence-electron chi connectivity index (χ1n) is 24.1. The highest BCUT2D eigenvalue weighted by molar-refractivity contribution is 7.89. The summed E-state index contributed by atoms with van der Waals surface area (Å²) in [5.74, 6) is -7.83. The van der Waals surface area contributed by atoms with Crippen LogP contribution in [0.25, 0.3) is 0 Å². The molecule has 2 saturated heterocycles. The Hall–Kier alpha value is -3.17. The number of Topliss-reactive ketones (excluding diaryl/α,β-unsaturated/α-hetero) is 2. The van der Waals surface area contributed by atoms with Crippen molar-refractivity contribution in [1.82, 2.24) is 9.62 Å². The number of ether oxygens (including phenoxy) is 4. The number of aliphatic hydroxyl groups is 5. The fraction of sp³-hybridized carbons (Fsp3) is 0.755. The van der Waals surface area contributed by atoms with Crippen molar-refractivity contribution in [3.63, 3.8) is 0 Å². The predicted octanol–water partition coefficient (Wildman–Crippen LogP) is 3.50. The molecule has 1 aliphatic carbocycles. The molecule has 0 aromatic carbocycles. The molecule has 1 saturated carbocycles. The molecule has 1 amide bonds. The van der Waals surface area contributed by atoms with Crippen LogP contribution in [0.1, 0.15) is 124 Å². The monoisotopic (exact) mass is 967 g/mol. The lowest BCUT2D eigenvalue weighted by Crippen LogP contribution is -2.61. The maximum atomic E-state index is 14.3. The molecular weight excluding hydrogens is 889 g/mol. The molecule has 0 aromatic heterocycles. The highest BCUT2D eigenvalue weighted by atomic mass is 32.2. The Kier molecular flexibility index (Phi) is 22.5. The van der Waals surface area contributed by atoms with Gasteiger partial charge < -0.3 is 49.4 Å². The minimum absolute atomic E-state index is 0.0108. The molecule has 0 spiro atoms. The summed E-state index contributed by atoms with van der Waals surface area (Å²) in [5.41, 5.74) is 0.978. The quantitative estimate of drug-likeness (QED) is 0.110. The number of sulfonamides is 1. The topological polar surface area (TPSA) is 256 Å². The zero-order valence-corrected chi connectivity index (χ0v) is 41.1. The number of nitrogens with zero attached hydrogens (tertiary/aromatic N) is 1. The minimum Gasteiger partial charge on any atom is -0.461 e. The zero-order valence-electron chi connectivity index (χ0n) is 40.3. The predicted molar refractivity (Wildman–Crippen MR) is 249 cm³/mol. The average molecular weight is 967 g/mol. The van der Waals surface area contributed by atoms with E-state index in [0.717, 1.165) is 11.3 Å². The van der Waals surface area contributed by atoms with Crippen molar-refractivity contribution < 1.29 is 72.1 Å². The molecule has 4 rings (SSSR count). The van der Waals surface area contributed by atoms with Gasteiger partial charge in [0.2, 0.25) is 15.8 Å². The Balaban J connectivity index is 1.68. The Morgan fingerprint density at radius 2 is 1.61 bits per heavy atom. The first-order valence-corrected chi connectivity index (χ1v) is 25.8. The van der Waals surface area contributed by atoms with Crippen LogP contribution in [0.4, 0.5) is 0 Å². The van der Waals surface area contributed by atoms with E-state index < -0.39 is 106 Å². The van der Waals surface area contributed by atoms with E-state index in [2.05, 4.69) is 4.72 Å². The van der Waals surface area contributed by atoms with Crippen molar-refractivity contribution in [3.05, 3.63) is 47.6 Å². The fourth-order valence-electron chi connectivity index (χ4n) is 9.68. The molecular formula is C49H78N2O15S.